The van der Waals surface area contributed by atoms with Crippen LogP contribution >= 0.6 is 0 Å². The molecule has 16 heavy (non-hydrogen) atoms. The monoisotopic (exact) mass is 222 g/mol. The molecule has 1 aliphatic carbocycles. The first-order chi connectivity index (χ1) is 7.69. The van der Waals surface area contributed by atoms with E-state index in [9.17, 15) is 5.11 Å². The van der Waals surface area contributed by atoms with Gasteiger partial charge in [0.05, 0.1) is 6.10 Å². The number of aryl methyl sites for hydroxylation is 1. The van der Waals surface area contributed by atoms with Crippen molar-refractivity contribution in [2.75, 3.05) is 24.2 Å². The van der Waals surface area contributed by atoms with Gasteiger partial charge in [0, 0.05) is 19.7 Å². The zero-order chi connectivity index (χ0) is 11.5. The third kappa shape index (κ3) is 2.82. The molecule has 0 aliphatic heterocycles. The Hall–Kier alpha value is -1.36. The van der Waals surface area contributed by atoms with Crippen molar-refractivity contribution in [3.05, 3.63) is 11.9 Å². The summed E-state index contributed by atoms with van der Waals surface area (Å²) in [6, 6.07) is 1.84. The lowest BCUT2D eigenvalue weighted by Gasteiger charge is -2.12. The normalized spacial score (nSPS) is 16.9. The summed E-state index contributed by atoms with van der Waals surface area (Å²) < 4.78 is 0. The molecule has 1 fully saturated rings. The molecule has 3 N–H and O–H groups in total. The molecule has 5 nitrogen and oxygen atoms in total. The Labute approximate surface area is 95.3 Å². The molecule has 0 amide bonds. The Bertz CT molecular complexity index is 365. The maximum absolute atomic E-state index is 9.72. The third-order valence-electron chi connectivity index (χ3n) is 2.75. The van der Waals surface area contributed by atoms with E-state index < -0.39 is 0 Å². The summed E-state index contributed by atoms with van der Waals surface area (Å²) in [5.74, 6) is 2.75. The molecule has 0 aromatic carbocycles. The number of nitrogens with one attached hydrogen (secondary N) is 2. The van der Waals surface area contributed by atoms with Gasteiger partial charge in [0.1, 0.15) is 17.5 Å². The molecular formula is C11H18N4O. The van der Waals surface area contributed by atoms with Crippen LogP contribution in [0.1, 0.15) is 18.7 Å². The van der Waals surface area contributed by atoms with Crippen LogP contribution < -0.4 is 10.6 Å². The number of hydrogen-bond donors (Lipinski definition) is 3. The molecule has 2 rings (SSSR count). The largest absolute Gasteiger partial charge is 0.391 e. The molecular weight excluding hydrogens is 204 g/mol. The highest BCUT2D eigenvalue weighted by Crippen LogP contribution is 2.32. The molecule has 0 saturated heterocycles. The highest BCUT2D eigenvalue weighted by molar-refractivity contribution is 5.47. The Morgan fingerprint density at radius 3 is 2.75 bits per heavy atom. The Balaban J connectivity index is 1.94. The summed E-state index contributed by atoms with van der Waals surface area (Å²) in [5.41, 5.74) is 0. The van der Waals surface area contributed by atoms with Crippen LogP contribution in [0, 0.1) is 12.8 Å². The number of aromatic nitrogens is 2. The lowest BCUT2D eigenvalue weighted by Crippen LogP contribution is -2.22. The molecule has 0 bridgehead atoms. The first-order valence-corrected chi connectivity index (χ1v) is 5.64. The summed E-state index contributed by atoms with van der Waals surface area (Å²) in [4.78, 5) is 8.46. The van der Waals surface area contributed by atoms with Gasteiger partial charge < -0.3 is 15.7 Å². The van der Waals surface area contributed by atoms with Gasteiger partial charge in [0.25, 0.3) is 0 Å². The first-order valence-electron chi connectivity index (χ1n) is 5.64. The Kier molecular flexibility index (Phi) is 3.24. The summed E-state index contributed by atoms with van der Waals surface area (Å²) in [6.07, 6.45) is 2.04. The minimum atomic E-state index is -0.256. The SMILES string of the molecule is CNc1cc(NCC(O)C2CC2)nc(C)n1. The lowest BCUT2D eigenvalue weighted by molar-refractivity contribution is 0.164. The van der Waals surface area contributed by atoms with Crippen LogP contribution in [0.25, 0.3) is 0 Å². The van der Waals surface area contributed by atoms with Gasteiger partial charge in [0.15, 0.2) is 0 Å². The van der Waals surface area contributed by atoms with E-state index in [0.29, 0.717) is 12.5 Å². The topological polar surface area (TPSA) is 70.1 Å². The van der Waals surface area contributed by atoms with Crippen molar-refractivity contribution in [1.29, 1.82) is 0 Å². The molecule has 1 atom stereocenters. The summed E-state index contributed by atoms with van der Waals surface area (Å²) in [6.45, 7) is 2.41. The zero-order valence-electron chi connectivity index (χ0n) is 9.70. The van der Waals surface area contributed by atoms with Gasteiger partial charge in [-0.3, -0.25) is 0 Å². The molecule has 1 aliphatic rings. The van der Waals surface area contributed by atoms with Gasteiger partial charge >= 0.3 is 0 Å². The van der Waals surface area contributed by atoms with Gasteiger partial charge in [-0.15, -0.1) is 0 Å². The molecule has 88 valence electrons. The Morgan fingerprint density at radius 1 is 1.44 bits per heavy atom. The van der Waals surface area contributed by atoms with Crippen molar-refractivity contribution in [2.24, 2.45) is 5.92 Å². The lowest BCUT2D eigenvalue weighted by atomic mass is 10.2. The number of rotatable bonds is 5. The fourth-order valence-corrected chi connectivity index (χ4v) is 1.64. The molecule has 1 aromatic rings. The van der Waals surface area contributed by atoms with Gasteiger partial charge in [-0.05, 0) is 25.7 Å². The smallest absolute Gasteiger partial charge is 0.131 e. The minimum Gasteiger partial charge on any atom is -0.391 e. The zero-order valence-corrected chi connectivity index (χ0v) is 9.70. The second-order valence-corrected chi connectivity index (χ2v) is 4.22. The molecule has 1 unspecified atom stereocenters. The van der Waals surface area contributed by atoms with Gasteiger partial charge in [-0.2, -0.15) is 0 Å². The predicted octanol–water partition coefficient (Wildman–Crippen LogP) is 1.01. The maximum Gasteiger partial charge on any atom is 0.131 e. The van der Waals surface area contributed by atoms with E-state index in [1.165, 1.54) is 0 Å². The second kappa shape index (κ2) is 4.65. The van der Waals surface area contributed by atoms with E-state index in [1.807, 2.05) is 20.0 Å². The maximum atomic E-state index is 9.72. The van der Waals surface area contributed by atoms with Crippen LogP contribution in [0.3, 0.4) is 0 Å². The number of aliphatic hydroxyl groups excluding tert-OH is 1. The van der Waals surface area contributed by atoms with Crippen LogP contribution in [0.15, 0.2) is 6.07 Å². The second-order valence-electron chi connectivity index (χ2n) is 4.22. The van der Waals surface area contributed by atoms with Crippen molar-refractivity contribution in [3.8, 4) is 0 Å². The molecule has 5 heteroatoms. The van der Waals surface area contributed by atoms with Crippen LogP contribution in [0.4, 0.5) is 11.6 Å². The van der Waals surface area contributed by atoms with E-state index in [1.54, 1.807) is 0 Å². The number of aliphatic hydroxyl groups is 1. The van der Waals surface area contributed by atoms with Crippen molar-refractivity contribution in [3.63, 3.8) is 0 Å². The van der Waals surface area contributed by atoms with E-state index >= 15 is 0 Å². The predicted molar refractivity (Wildman–Crippen MR) is 63.5 cm³/mol. The average Bonchev–Trinajstić information content (AvgIpc) is 3.08. The summed E-state index contributed by atoms with van der Waals surface area (Å²) >= 11 is 0. The van der Waals surface area contributed by atoms with Gasteiger partial charge in [0.2, 0.25) is 0 Å². The summed E-state index contributed by atoms with van der Waals surface area (Å²) in [5, 5.41) is 15.8. The van der Waals surface area contributed by atoms with Gasteiger partial charge in [-0.25, -0.2) is 9.97 Å². The van der Waals surface area contributed by atoms with Crippen LogP contribution in [-0.4, -0.2) is 34.8 Å². The van der Waals surface area contributed by atoms with Crippen LogP contribution in [-0.2, 0) is 0 Å². The first kappa shape index (κ1) is 11.1. The van der Waals surface area contributed by atoms with Crippen LogP contribution in [0.2, 0.25) is 0 Å². The molecule has 1 saturated carbocycles. The van der Waals surface area contributed by atoms with E-state index in [-0.39, 0.29) is 6.10 Å². The van der Waals surface area contributed by atoms with Gasteiger partial charge in [-0.1, -0.05) is 0 Å². The summed E-state index contributed by atoms with van der Waals surface area (Å²) in [7, 11) is 1.82. The highest BCUT2D eigenvalue weighted by atomic mass is 16.3. The number of anilines is 2. The minimum absolute atomic E-state index is 0.256. The third-order valence-corrected chi connectivity index (χ3v) is 2.75. The van der Waals surface area contributed by atoms with Crippen molar-refractivity contribution >= 4 is 11.6 Å². The number of nitrogens with zero attached hydrogens (tertiary/aromatic N) is 2. The van der Waals surface area contributed by atoms with E-state index in [2.05, 4.69) is 20.6 Å². The van der Waals surface area contributed by atoms with Crippen molar-refractivity contribution in [1.82, 2.24) is 9.97 Å². The average molecular weight is 222 g/mol. The van der Waals surface area contributed by atoms with Crippen molar-refractivity contribution < 1.29 is 5.11 Å². The van der Waals surface area contributed by atoms with Crippen molar-refractivity contribution in [2.45, 2.75) is 25.9 Å². The van der Waals surface area contributed by atoms with E-state index in [0.717, 1.165) is 30.3 Å². The fraction of sp³-hybridized carbons (Fsp3) is 0.636. The highest BCUT2D eigenvalue weighted by Gasteiger charge is 2.29. The molecule has 0 spiro atoms. The molecule has 1 aromatic heterocycles. The Morgan fingerprint density at radius 2 is 2.12 bits per heavy atom. The fourth-order valence-electron chi connectivity index (χ4n) is 1.64. The standard InChI is InChI=1S/C11H18N4O/c1-7-14-10(12-2)5-11(15-7)13-6-9(16)8-3-4-8/h5,8-9,16H,3-4,6H2,1-2H3,(H2,12,13,14,15). The molecule has 0 radical (unpaired) electrons. The van der Waals surface area contributed by atoms with Crippen LogP contribution in [0.5, 0.6) is 0 Å². The number of hydrogen-bond acceptors (Lipinski definition) is 5. The molecule has 1 heterocycles. The van der Waals surface area contributed by atoms with E-state index in [4.69, 9.17) is 0 Å². The quantitative estimate of drug-likeness (QED) is 0.693.